The second kappa shape index (κ2) is 3.88. The molecule has 0 aliphatic rings. The van der Waals surface area contributed by atoms with Crippen LogP contribution in [0.3, 0.4) is 0 Å². The molecule has 76 valence electrons. The molecule has 5 heteroatoms. The summed E-state index contributed by atoms with van der Waals surface area (Å²) in [6.45, 7) is 2.75. The van der Waals surface area contributed by atoms with E-state index in [-0.39, 0.29) is 0 Å². The highest BCUT2D eigenvalue weighted by molar-refractivity contribution is 7.15. The highest BCUT2D eigenvalue weighted by Gasteiger charge is 2.12. The number of hydrogen-bond acceptors (Lipinski definition) is 3. The van der Waals surface area contributed by atoms with Crippen LogP contribution in [0.25, 0.3) is 4.96 Å². The molecule has 0 bridgehead atoms. The Morgan fingerprint density at radius 3 is 3.14 bits per heavy atom. The van der Waals surface area contributed by atoms with Crippen molar-refractivity contribution in [1.82, 2.24) is 9.38 Å². The van der Waals surface area contributed by atoms with Crippen molar-refractivity contribution < 1.29 is 0 Å². The average molecular weight is 230 g/mol. The van der Waals surface area contributed by atoms with E-state index in [2.05, 4.69) is 21.7 Å². The third-order valence-electron chi connectivity index (χ3n) is 2.20. The summed E-state index contributed by atoms with van der Waals surface area (Å²) in [6, 6.07) is 0. The van der Waals surface area contributed by atoms with E-state index in [0.717, 1.165) is 23.5 Å². The van der Waals surface area contributed by atoms with Crippen LogP contribution in [0.15, 0.2) is 5.38 Å². The first-order chi connectivity index (χ1) is 6.74. The third kappa shape index (κ3) is 1.54. The van der Waals surface area contributed by atoms with Crippen molar-refractivity contribution in [2.75, 3.05) is 6.54 Å². The molecule has 0 fully saturated rings. The van der Waals surface area contributed by atoms with Gasteiger partial charge < -0.3 is 5.73 Å². The van der Waals surface area contributed by atoms with Crippen molar-refractivity contribution in [2.45, 2.75) is 19.8 Å². The summed E-state index contributed by atoms with van der Waals surface area (Å²) in [7, 11) is 0. The number of aromatic nitrogens is 2. The standard InChI is InChI=1S/C9H12ClN3S/c1-6-5-14-9-12-8(10)7(13(6)9)3-2-4-11/h5H,2-4,11H2,1H3. The minimum Gasteiger partial charge on any atom is -0.330 e. The van der Waals surface area contributed by atoms with Gasteiger partial charge in [0.2, 0.25) is 0 Å². The van der Waals surface area contributed by atoms with E-state index in [9.17, 15) is 0 Å². The molecule has 2 N–H and O–H groups in total. The van der Waals surface area contributed by atoms with Gasteiger partial charge in [0.25, 0.3) is 0 Å². The van der Waals surface area contributed by atoms with Gasteiger partial charge in [-0.3, -0.25) is 4.40 Å². The predicted octanol–water partition coefficient (Wildman–Crippen LogP) is 2.25. The van der Waals surface area contributed by atoms with E-state index in [0.29, 0.717) is 11.7 Å². The quantitative estimate of drug-likeness (QED) is 0.878. The maximum Gasteiger partial charge on any atom is 0.195 e. The largest absolute Gasteiger partial charge is 0.330 e. The monoisotopic (exact) mass is 229 g/mol. The van der Waals surface area contributed by atoms with Crippen molar-refractivity contribution in [1.29, 1.82) is 0 Å². The Morgan fingerprint density at radius 2 is 2.43 bits per heavy atom. The molecule has 0 saturated carbocycles. The van der Waals surface area contributed by atoms with E-state index in [4.69, 9.17) is 17.3 Å². The number of imidazole rings is 1. The molecule has 2 rings (SSSR count). The van der Waals surface area contributed by atoms with Crippen LogP contribution in [-0.4, -0.2) is 15.9 Å². The summed E-state index contributed by atoms with van der Waals surface area (Å²) >= 11 is 7.67. The first-order valence-corrected chi connectivity index (χ1v) is 5.80. The Bertz CT molecular complexity index is 446. The maximum absolute atomic E-state index is 6.05. The van der Waals surface area contributed by atoms with Crippen LogP contribution in [0.4, 0.5) is 0 Å². The molecule has 0 aliphatic carbocycles. The highest BCUT2D eigenvalue weighted by Crippen LogP contribution is 2.24. The van der Waals surface area contributed by atoms with Crippen molar-refractivity contribution in [3.8, 4) is 0 Å². The number of aryl methyl sites for hydroxylation is 2. The number of nitrogens with zero attached hydrogens (tertiary/aromatic N) is 2. The van der Waals surface area contributed by atoms with Gasteiger partial charge in [-0.15, -0.1) is 11.3 Å². The summed E-state index contributed by atoms with van der Waals surface area (Å²) < 4.78 is 2.11. The molecule has 0 atom stereocenters. The topological polar surface area (TPSA) is 43.3 Å². The summed E-state index contributed by atoms with van der Waals surface area (Å²) in [5.74, 6) is 0. The Hall–Kier alpha value is -0.580. The first kappa shape index (κ1) is 9.96. The molecule has 0 saturated heterocycles. The van der Waals surface area contributed by atoms with Crippen LogP contribution in [0.2, 0.25) is 5.15 Å². The average Bonchev–Trinajstić information content (AvgIpc) is 2.64. The number of hydrogen-bond donors (Lipinski definition) is 1. The highest BCUT2D eigenvalue weighted by atomic mass is 35.5. The molecule has 0 amide bonds. The molecule has 0 aromatic carbocycles. The zero-order chi connectivity index (χ0) is 10.1. The van der Waals surface area contributed by atoms with Crippen LogP contribution in [-0.2, 0) is 6.42 Å². The van der Waals surface area contributed by atoms with Crippen molar-refractivity contribution in [3.63, 3.8) is 0 Å². The van der Waals surface area contributed by atoms with E-state index in [1.807, 2.05) is 0 Å². The zero-order valence-corrected chi connectivity index (χ0v) is 9.53. The number of halogens is 1. The molecule has 0 unspecified atom stereocenters. The molecular formula is C9H12ClN3S. The van der Waals surface area contributed by atoms with Gasteiger partial charge in [0, 0.05) is 11.1 Å². The maximum atomic E-state index is 6.05. The molecule has 0 radical (unpaired) electrons. The van der Waals surface area contributed by atoms with Gasteiger partial charge in [0.15, 0.2) is 10.1 Å². The number of nitrogens with two attached hydrogens (primary N) is 1. The molecule has 0 spiro atoms. The van der Waals surface area contributed by atoms with Crippen LogP contribution >= 0.6 is 22.9 Å². The Kier molecular flexibility index (Phi) is 2.76. The lowest BCUT2D eigenvalue weighted by Gasteiger charge is -2.00. The van der Waals surface area contributed by atoms with E-state index in [1.165, 1.54) is 5.69 Å². The van der Waals surface area contributed by atoms with E-state index < -0.39 is 0 Å². The second-order valence-corrected chi connectivity index (χ2v) is 4.43. The molecule has 0 aliphatic heterocycles. The first-order valence-electron chi connectivity index (χ1n) is 4.55. The lowest BCUT2D eigenvalue weighted by molar-refractivity contribution is 0.799. The molecule has 14 heavy (non-hydrogen) atoms. The molecule has 2 heterocycles. The van der Waals surface area contributed by atoms with Gasteiger partial charge in [-0.2, -0.15) is 0 Å². The van der Waals surface area contributed by atoms with E-state index >= 15 is 0 Å². The van der Waals surface area contributed by atoms with Crippen molar-refractivity contribution >= 4 is 27.9 Å². The van der Waals surface area contributed by atoms with Gasteiger partial charge in [-0.25, -0.2) is 4.98 Å². The predicted molar refractivity (Wildman–Crippen MR) is 60.2 cm³/mol. The molecule has 2 aromatic rings. The fraction of sp³-hybridized carbons (Fsp3) is 0.444. The normalized spacial score (nSPS) is 11.4. The fourth-order valence-electron chi connectivity index (χ4n) is 1.52. The lowest BCUT2D eigenvalue weighted by Crippen LogP contribution is -2.02. The van der Waals surface area contributed by atoms with Gasteiger partial charge in [0.05, 0.1) is 5.69 Å². The number of thiazole rings is 1. The van der Waals surface area contributed by atoms with Crippen LogP contribution in [0.1, 0.15) is 17.8 Å². The third-order valence-corrected chi connectivity index (χ3v) is 3.44. The van der Waals surface area contributed by atoms with E-state index in [1.54, 1.807) is 11.3 Å². The second-order valence-electron chi connectivity index (χ2n) is 3.24. The minimum atomic E-state index is 0.619. The van der Waals surface area contributed by atoms with Gasteiger partial charge in [0.1, 0.15) is 0 Å². The number of rotatable bonds is 3. The summed E-state index contributed by atoms with van der Waals surface area (Å²) in [5, 5.41) is 2.71. The smallest absolute Gasteiger partial charge is 0.195 e. The van der Waals surface area contributed by atoms with Crippen LogP contribution in [0.5, 0.6) is 0 Å². The Balaban J connectivity index is 2.48. The fourth-order valence-corrected chi connectivity index (χ4v) is 2.72. The Labute approximate surface area is 91.5 Å². The SMILES string of the molecule is Cc1csc2nc(Cl)c(CCCN)n12. The lowest BCUT2D eigenvalue weighted by atomic mass is 10.2. The van der Waals surface area contributed by atoms with Gasteiger partial charge in [-0.1, -0.05) is 11.6 Å². The van der Waals surface area contributed by atoms with Gasteiger partial charge >= 0.3 is 0 Å². The van der Waals surface area contributed by atoms with Gasteiger partial charge in [-0.05, 0) is 26.3 Å². The van der Waals surface area contributed by atoms with Crippen molar-refractivity contribution in [2.24, 2.45) is 5.73 Å². The Morgan fingerprint density at radius 1 is 1.64 bits per heavy atom. The molecule has 3 nitrogen and oxygen atoms in total. The summed E-state index contributed by atoms with van der Waals surface area (Å²) in [6.07, 6.45) is 1.84. The van der Waals surface area contributed by atoms with Crippen LogP contribution in [0, 0.1) is 6.92 Å². The summed E-state index contributed by atoms with van der Waals surface area (Å²) in [4.78, 5) is 5.26. The molecule has 2 aromatic heterocycles. The number of fused-ring (bicyclic) bond motifs is 1. The van der Waals surface area contributed by atoms with Crippen LogP contribution < -0.4 is 5.73 Å². The van der Waals surface area contributed by atoms with Crippen molar-refractivity contribution in [3.05, 3.63) is 21.9 Å². The summed E-state index contributed by atoms with van der Waals surface area (Å²) in [5.41, 5.74) is 7.76. The minimum absolute atomic E-state index is 0.619. The molecular weight excluding hydrogens is 218 g/mol. The zero-order valence-electron chi connectivity index (χ0n) is 7.96.